The van der Waals surface area contributed by atoms with Crippen molar-refractivity contribution in [2.75, 3.05) is 80.7 Å². The van der Waals surface area contributed by atoms with E-state index in [2.05, 4.69) is 16.8 Å². The van der Waals surface area contributed by atoms with Crippen molar-refractivity contribution in [3.8, 4) is 5.75 Å². The molecule has 1 aliphatic heterocycles. The monoisotopic (exact) mass is 508 g/mol. The van der Waals surface area contributed by atoms with E-state index in [1.807, 2.05) is 45.0 Å². The highest BCUT2D eigenvalue weighted by atomic mass is 32.2. The first-order valence-electron chi connectivity index (χ1n) is 12.7. The lowest BCUT2D eigenvalue weighted by Crippen LogP contribution is -2.49. The van der Waals surface area contributed by atoms with E-state index in [0.717, 1.165) is 60.9 Å². The minimum Gasteiger partial charge on any atom is -0.497 e. The fraction of sp³-hybridized carbons (Fsp3) is 0.731. The molecular weight excluding hydrogens is 464 g/mol. The van der Waals surface area contributed by atoms with Gasteiger partial charge < -0.3 is 24.2 Å². The maximum Gasteiger partial charge on any atom is 0.248 e. The molecule has 9 heteroatoms. The van der Waals surface area contributed by atoms with Gasteiger partial charge >= 0.3 is 0 Å². The summed E-state index contributed by atoms with van der Waals surface area (Å²) in [4.78, 5) is 20.5. The van der Waals surface area contributed by atoms with E-state index in [1.165, 1.54) is 12.8 Å². The normalized spacial score (nSPS) is 22.5. The van der Waals surface area contributed by atoms with Gasteiger partial charge in [0, 0.05) is 59.4 Å². The number of likely N-dealkylation sites (N-methyl/N-ethyl adjacent to an activating group) is 3. The molecule has 0 radical (unpaired) electrons. The molecule has 1 aliphatic carbocycles. The van der Waals surface area contributed by atoms with Crippen LogP contribution in [-0.2, 0) is 20.5 Å². The number of rotatable bonds is 11. The van der Waals surface area contributed by atoms with Gasteiger partial charge in [-0.05, 0) is 62.9 Å². The van der Waals surface area contributed by atoms with Gasteiger partial charge in [-0.2, -0.15) is 0 Å². The Kier molecular flexibility index (Phi) is 10.5. The lowest BCUT2D eigenvalue weighted by Gasteiger charge is -2.37. The number of ether oxygens (including phenoxy) is 2. The lowest BCUT2D eigenvalue weighted by atomic mass is 10.0. The number of aryl methyl sites for hydroxylation is 2. The quantitative estimate of drug-likeness (QED) is 0.427. The molecule has 2 unspecified atom stereocenters. The summed E-state index contributed by atoms with van der Waals surface area (Å²) in [6.07, 6.45) is 3.45. The summed E-state index contributed by atoms with van der Waals surface area (Å²) in [5.74, 6) is 1.34. The summed E-state index contributed by atoms with van der Waals surface area (Å²) in [7, 11) is 6.25. The number of hydrogen-bond acceptors (Lipinski definition) is 6. The zero-order chi connectivity index (χ0) is 25.5. The molecular formula is C26H44N4O4S. The highest BCUT2D eigenvalue weighted by Crippen LogP contribution is 2.30. The SMILES string of the molecule is COc1cc(C)c(S(=O)N(C)CCOCC(=O)N(C)[C@@H]2CCCC2CN2CCN(C)CC2)c(C)c1. The van der Waals surface area contributed by atoms with Crippen LogP contribution in [0.5, 0.6) is 5.75 Å². The van der Waals surface area contributed by atoms with Crippen molar-refractivity contribution < 1.29 is 18.5 Å². The van der Waals surface area contributed by atoms with Crippen molar-refractivity contribution in [2.45, 2.75) is 44.0 Å². The minimum atomic E-state index is -1.30. The fourth-order valence-electron chi connectivity index (χ4n) is 5.28. The molecule has 1 saturated carbocycles. The second-order valence-electron chi connectivity index (χ2n) is 10.1. The Morgan fingerprint density at radius 1 is 1.11 bits per heavy atom. The first-order valence-corrected chi connectivity index (χ1v) is 13.8. The average Bonchev–Trinajstić information content (AvgIpc) is 3.29. The number of benzene rings is 1. The van der Waals surface area contributed by atoms with Gasteiger partial charge in [0.05, 0.1) is 18.6 Å². The highest BCUT2D eigenvalue weighted by molar-refractivity contribution is 7.82. The van der Waals surface area contributed by atoms with E-state index < -0.39 is 11.0 Å². The van der Waals surface area contributed by atoms with Crippen LogP contribution in [0, 0.1) is 19.8 Å². The summed E-state index contributed by atoms with van der Waals surface area (Å²) in [6, 6.07) is 4.10. The molecule has 2 fully saturated rings. The molecule has 0 spiro atoms. The molecule has 0 aromatic heterocycles. The van der Waals surface area contributed by atoms with E-state index in [1.54, 1.807) is 11.4 Å². The fourth-order valence-corrected chi connectivity index (χ4v) is 6.50. The van der Waals surface area contributed by atoms with Gasteiger partial charge in [0.1, 0.15) is 23.3 Å². The Morgan fingerprint density at radius 3 is 2.40 bits per heavy atom. The molecule has 1 heterocycles. The summed E-state index contributed by atoms with van der Waals surface area (Å²) in [5, 5.41) is 0. The van der Waals surface area contributed by atoms with Crippen molar-refractivity contribution in [2.24, 2.45) is 5.92 Å². The standard InChI is InChI=1S/C26H44N4O4S/c1-20-16-23(33-6)17-21(2)26(20)35(32)28(4)14-15-34-19-25(31)29(5)24-9-7-8-22(24)18-30-12-10-27(3)11-13-30/h16-17,22,24H,7-15,18-19H2,1-6H3/t22?,24-,35?/m1/s1. The van der Waals surface area contributed by atoms with Crippen molar-refractivity contribution in [1.29, 1.82) is 0 Å². The average molecular weight is 509 g/mol. The van der Waals surface area contributed by atoms with Crippen LogP contribution in [0.2, 0.25) is 0 Å². The first kappa shape index (κ1) is 28.1. The third-order valence-corrected chi connectivity index (χ3v) is 9.24. The number of hydrogen-bond donors (Lipinski definition) is 0. The zero-order valence-electron chi connectivity index (χ0n) is 22.4. The molecule has 1 amide bonds. The van der Waals surface area contributed by atoms with E-state index in [4.69, 9.17) is 9.47 Å². The molecule has 8 nitrogen and oxygen atoms in total. The van der Waals surface area contributed by atoms with Gasteiger partial charge in [-0.15, -0.1) is 0 Å². The molecule has 3 rings (SSSR count). The van der Waals surface area contributed by atoms with E-state index in [-0.39, 0.29) is 12.5 Å². The first-order chi connectivity index (χ1) is 16.7. The Labute approximate surface area is 214 Å². The topological polar surface area (TPSA) is 65.6 Å². The molecule has 35 heavy (non-hydrogen) atoms. The van der Waals surface area contributed by atoms with Crippen LogP contribution in [0.15, 0.2) is 17.0 Å². The zero-order valence-corrected chi connectivity index (χ0v) is 23.2. The van der Waals surface area contributed by atoms with Crippen molar-refractivity contribution in [1.82, 2.24) is 19.0 Å². The molecule has 1 aromatic carbocycles. The number of methoxy groups -OCH3 is 1. The number of piperazine rings is 1. The lowest BCUT2D eigenvalue weighted by molar-refractivity contribution is -0.137. The minimum absolute atomic E-state index is 0.0332. The van der Waals surface area contributed by atoms with E-state index in [9.17, 15) is 9.00 Å². The number of amides is 1. The van der Waals surface area contributed by atoms with Crippen LogP contribution in [-0.4, -0.2) is 116 Å². The van der Waals surface area contributed by atoms with Gasteiger partial charge in [-0.3, -0.25) is 4.79 Å². The number of nitrogens with zero attached hydrogens (tertiary/aromatic N) is 4. The number of carbonyl (C=O) groups is 1. The highest BCUT2D eigenvalue weighted by Gasteiger charge is 2.34. The smallest absolute Gasteiger partial charge is 0.248 e. The summed E-state index contributed by atoms with van der Waals surface area (Å²) < 4.78 is 25.9. The molecule has 1 aromatic rings. The second kappa shape index (κ2) is 13.1. The maximum atomic E-state index is 13.1. The van der Waals surface area contributed by atoms with Crippen LogP contribution < -0.4 is 4.74 Å². The molecule has 3 atom stereocenters. The van der Waals surface area contributed by atoms with Crippen LogP contribution in [0.3, 0.4) is 0 Å². The van der Waals surface area contributed by atoms with Crippen LogP contribution >= 0.6 is 0 Å². The maximum absolute atomic E-state index is 13.1. The predicted molar refractivity (Wildman–Crippen MR) is 140 cm³/mol. The third kappa shape index (κ3) is 7.49. The molecule has 2 aliphatic rings. The van der Waals surface area contributed by atoms with Gasteiger partial charge in [0.25, 0.3) is 0 Å². The van der Waals surface area contributed by atoms with Crippen molar-refractivity contribution in [3.63, 3.8) is 0 Å². The van der Waals surface area contributed by atoms with Gasteiger partial charge in [0.2, 0.25) is 5.91 Å². The summed E-state index contributed by atoms with van der Waals surface area (Å²) >= 11 is 0. The Morgan fingerprint density at radius 2 is 1.77 bits per heavy atom. The predicted octanol–water partition coefficient (Wildman–Crippen LogP) is 2.16. The second-order valence-corrected chi connectivity index (χ2v) is 11.6. The van der Waals surface area contributed by atoms with Crippen molar-refractivity contribution in [3.05, 3.63) is 23.3 Å². The van der Waals surface area contributed by atoms with Gasteiger partial charge in [-0.1, -0.05) is 6.42 Å². The Hall–Kier alpha value is -1.52. The van der Waals surface area contributed by atoms with Crippen LogP contribution in [0.1, 0.15) is 30.4 Å². The largest absolute Gasteiger partial charge is 0.497 e. The van der Waals surface area contributed by atoms with E-state index in [0.29, 0.717) is 25.1 Å². The van der Waals surface area contributed by atoms with Crippen molar-refractivity contribution >= 4 is 16.9 Å². The van der Waals surface area contributed by atoms with Crippen LogP contribution in [0.4, 0.5) is 0 Å². The number of carbonyl (C=O) groups excluding carboxylic acids is 1. The summed E-state index contributed by atoms with van der Waals surface area (Å²) in [5.41, 5.74) is 1.87. The molecule has 1 saturated heterocycles. The Balaban J connectivity index is 1.43. The summed E-state index contributed by atoms with van der Waals surface area (Å²) in [6.45, 7) is 10.3. The molecule has 0 bridgehead atoms. The molecule has 0 N–H and O–H groups in total. The van der Waals surface area contributed by atoms with Gasteiger partial charge in [-0.25, -0.2) is 8.51 Å². The van der Waals surface area contributed by atoms with Crippen LogP contribution in [0.25, 0.3) is 0 Å². The van der Waals surface area contributed by atoms with E-state index >= 15 is 0 Å². The molecule has 198 valence electrons. The third-order valence-electron chi connectivity index (χ3n) is 7.50. The Bertz CT molecular complexity index is 852. The van der Waals surface area contributed by atoms with Gasteiger partial charge in [0.15, 0.2) is 0 Å².